The second-order valence-corrected chi connectivity index (χ2v) is 6.73. The lowest BCUT2D eigenvalue weighted by molar-refractivity contribution is -0.126. The number of anilines is 3. The molecule has 0 aromatic heterocycles. The second-order valence-electron chi connectivity index (χ2n) is 6.73. The topological polar surface area (TPSA) is 53.6 Å². The lowest BCUT2D eigenvalue weighted by Crippen LogP contribution is -2.56. The van der Waals surface area contributed by atoms with E-state index in [0.717, 1.165) is 49.8 Å². The first-order valence-corrected chi connectivity index (χ1v) is 8.83. The van der Waals surface area contributed by atoms with E-state index < -0.39 is 0 Å². The first-order chi connectivity index (χ1) is 12.3. The van der Waals surface area contributed by atoms with Crippen LogP contribution in [0.25, 0.3) is 0 Å². The molecule has 25 heavy (non-hydrogen) atoms. The number of likely N-dealkylation sites (tertiary alicyclic amines) is 1. The van der Waals surface area contributed by atoms with E-state index in [-0.39, 0.29) is 11.8 Å². The molecule has 2 N–H and O–H groups in total. The summed E-state index contributed by atoms with van der Waals surface area (Å²) in [7, 11) is 0. The molecule has 5 nitrogen and oxygen atoms in total. The molecule has 2 fully saturated rings. The van der Waals surface area contributed by atoms with Gasteiger partial charge in [0.2, 0.25) is 5.91 Å². The second kappa shape index (κ2) is 7.25. The van der Waals surface area contributed by atoms with Gasteiger partial charge in [0.15, 0.2) is 0 Å². The van der Waals surface area contributed by atoms with Crippen molar-refractivity contribution in [3.05, 3.63) is 54.6 Å². The maximum Gasteiger partial charge on any atom is 0.230 e. The molecule has 5 heteroatoms. The monoisotopic (exact) mass is 337 g/mol. The molecule has 0 spiro atoms. The normalized spacial score (nSPS) is 20.9. The number of rotatable bonds is 5. The zero-order valence-electron chi connectivity index (χ0n) is 14.2. The summed E-state index contributed by atoms with van der Waals surface area (Å²) < 4.78 is 5.41. The fraction of sp³-hybridized carbons (Fsp3) is 0.350. The Hall–Kier alpha value is -2.37. The number of amides is 1. The smallest absolute Gasteiger partial charge is 0.230 e. The van der Waals surface area contributed by atoms with E-state index in [0.29, 0.717) is 6.04 Å². The Balaban J connectivity index is 1.27. The number of hydrogen-bond acceptors (Lipinski definition) is 4. The Morgan fingerprint density at radius 1 is 0.960 bits per heavy atom. The number of carbonyl (C=O) groups excluding carboxylic acids is 1. The fourth-order valence-corrected chi connectivity index (χ4v) is 3.36. The third-order valence-electron chi connectivity index (χ3n) is 4.92. The predicted molar refractivity (Wildman–Crippen MR) is 99.1 cm³/mol. The number of nitrogens with zero attached hydrogens (tertiary/aromatic N) is 1. The van der Waals surface area contributed by atoms with Crippen molar-refractivity contribution in [1.29, 1.82) is 0 Å². The van der Waals surface area contributed by atoms with Crippen molar-refractivity contribution in [1.82, 2.24) is 4.90 Å². The number of hydrogen-bond donors (Lipinski definition) is 2. The minimum atomic E-state index is 0.0859. The summed E-state index contributed by atoms with van der Waals surface area (Å²) in [5.74, 6) is 0.196. The van der Waals surface area contributed by atoms with Crippen molar-refractivity contribution in [3.63, 3.8) is 0 Å². The van der Waals surface area contributed by atoms with Crippen LogP contribution in [0, 0.1) is 5.92 Å². The number of ether oxygens (including phenoxy) is 1. The lowest BCUT2D eigenvalue weighted by atomic mass is 9.96. The van der Waals surface area contributed by atoms with E-state index in [1.807, 2.05) is 54.6 Å². The standard InChI is InChI=1S/C20H23N3O2/c24-20(15-12-23(13-15)19-10-11-25-14-19)22-18-8-6-17(7-9-18)21-16-4-2-1-3-5-16/h1-9,15,19,21H,10-14H2,(H,22,24). The molecule has 1 atom stereocenters. The van der Waals surface area contributed by atoms with Crippen molar-refractivity contribution >= 4 is 23.0 Å². The van der Waals surface area contributed by atoms with Crippen LogP contribution >= 0.6 is 0 Å². The molecule has 130 valence electrons. The Morgan fingerprint density at radius 3 is 2.32 bits per heavy atom. The van der Waals surface area contributed by atoms with Gasteiger partial charge in [0, 0.05) is 42.8 Å². The highest BCUT2D eigenvalue weighted by Crippen LogP contribution is 2.25. The highest BCUT2D eigenvalue weighted by molar-refractivity contribution is 5.93. The molecule has 0 bridgehead atoms. The SMILES string of the molecule is O=C(Nc1ccc(Nc2ccccc2)cc1)C1CN(C2CCOC2)C1. The third-order valence-corrected chi connectivity index (χ3v) is 4.92. The van der Waals surface area contributed by atoms with Gasteiger partial charge < -0.3 is 15.4 Å². The molecule has 4 rings (SSSR count). The largest absolute Gasteiger partial charge is 0.380 e. The zero-order chi connectivity index (χ0) is 17.1. The molecular formula is C20H23N3O2. The van der Waals surface area contributed by atoms with Gasteiger partial charge in [0.25, 0.3) is 0 Å². The van der Waals surface area contributed by atoms with E-state index in [1.54, 1.807) is 0 Å². The maximum atomic E-state index is 12.3. The van der Waals surface area contributed by atoms with Crippen LogP contribution in [-0.4, -0.2) is 43.2 Å². The fourth-order valence-electron chi connectivity index (χ4n) is 3.36. The Bertz CT molecular complexity index is 705. The maximum absolute atomic E-state index is 12.3. The Labute approximate surface area is 148 Å². The molecule has 2 aromatic carbocycles. The summed E-state index contributed by atoms with van der Waals surface area (Å²) >= 11 is 0. The predicted octanol–water partition coefficient (Wildman–Crippen LogP) is 3.09. The van der Waals surface area contributed by atoms with Crippen LogP contribution in [0.4, 0.5) is 17.1 Å². The minimum absolute atomic E-state index is 0.0859. The highest BCUT2D eigenvalue weighted by atomic mass is 16.5. The van der Waals surface area contributed by atoms with Crippen LogP contribution < -0.4 is 10.6 Å². The summed E-state index contributed by atoms with van der Waals surface area (Å²) in [4.78, 5) is 14.7. The van der Waals surface area contributed by atoms with E-state index in [1.165, 1.54) is 0 Å². The number of para-hydroxylation sites is 1. The van der Waals surface area contributed by atoms with Gasteiger partial charge in [0.05, 0.1) is 12.5 Å². The van der Waals surface area contributed by atoms with Gasteiger partial charge in [-0.1, -0.05) is 18.2 Å². The molecule has 0 radical (unpaired) electrons. The van der Waals surface area contributed by atoms with Gasteiger partial charge in [-0.3, -0.25) is 9.69 Å². The molecule has 0 aliphatic carbocycles. The van der Waals surface area contributed by atoms with Crippen molar-refractivity contribution in [3.8, 4) is 0 Å². The molecule has 2 aliphatic heterocycles. The first-order valence-electron chi connectivity index (χ1n) is 8.83. The lowest BCUT2D eigenvalue weighted by Gasteiger charge is -2.41. The van der Waals surface area contributed by atoms with Gasteiger partial charge in [-0.05, 0) is 42.8 Å². The van der Waals surface area contributed by atoms with Gasteiger partial charge >= 0.3 is 0 Å². The summed E-state index contributed by atoms with van der Waals surface area (Å²) in [6.45, 7) is 3.34. The van der Waals surface area contributed by atoms with Crippen molar-refractivity contribution in [2.45, 2.75) is 12.5 Å². The number of nitrogens with one attached hydrogen (secondary N) is 2. The molecule has 2 aromatic rings. The van der Waals surface area contributed by atoms with Crippen molar-refractivity contribution in [2.75, 3.05) is 36.9 Å². The average Bonchev–Trinajstić information content (AvgIpc) is 3.10. The van der Waals surface area contributed by atoms with E-state index in [4.69, 9.17) is 4.74 Å². The van der Waals surface area contributed by atoms with Crippen LogP contribution in [0.1, 0.15) is 6.42 Å². The third kappa shape index (κ3) is 3.83. The summed E-state index contributed by atoms with van der Waals surface area (Å²) in [6.07, 6.45) is 1.09. The van der Waals surface area contributed by atoms with Crippen molar-refractivity contribution < 1.29 is 9.53 Å². The molecular weight excluding hydrogens is 314 g/mol. The highest BCUT2D eigenvalue weighted by Gasteiger charge is 2.37. The van der Waals surface area contributed by atoms with E-state index >= 15 is 0 Å². The van der Waals surface area contributed by atoms with Crippen LogP contribution in [0.2, 0.25) is 0 Å². The van der Waals surface area contributed by atoms with Gasteiger partial charge in [-0.15, -0.1) is 0 Å². The minimum Gasteiger partial charge on any atom is -0.380 e. The molecule has 2 saturated heterocycles. The van der Waals surface area contributed by atoms with Gasteiger partial charge in [0.1, 0.15) is 0 Å². The molecule has 1 unspecified atom stereocenters. The van der Waals surface area contributed by atoms with Crippen LogP contribution in [0.5, 0.6) is 0 Å². The Morgan fingerprint density at radius 2 is 1.64 bits per heavy atom. The molecule has 2 aliphatic rings. The summed E-state index contributed by atoms with van der Waals surface area (Å²) in [5.41, 5.74) is 2.89. The van der Waals surface area contributed by atoms with Crippen LogP contribution in [0.15, 0.2) is 54.6 Å². The van der Waals surface area contributed by atoms with Crippen LogP contribution in [-0.2, 0) is 9.53 Å². The van der Waals surface area contributed by atoms with E-state index in [2.05, 4.69) is 15.5 Å². The molecule has 1 amide bonds. The molecule has 2 heterocycles. The zero-order valence-corrected chi connectivity index (χ0v) is 14.2. The quantitative estimate of drug-likeness (QED) is 0.880. The van der Waals surface area contributed by atoms with E-state index in [9.17, 15) is 4.79 Å². The van der Waals surface area contributed by atoms with Gasteiger partial charge in [-0.2, -0.15) is 0 Å². The summed E-state index contributed by atoms with van der Waals surface area (Å²) in [6, 6.07) is 18.4. The number of benzene rings is 2. The summed E-state index contributed by atoms with van der Waals surface area (Å²) in [5, 5.41) is 6.36. The van der Waals surface area contributed by atoms with Crippen molar-refractivity contribution in [2.24, 2.45) is 5.92 Å². The van der Waals surface area contributed by atoms with Crippen LogP contribution in [0.3, 0.4) is 0 Å². The first kappa shape index (κ1) is 16.1. The molecule has 0 saturated carbocycles. The Kier molecular flexibility index (Phi) is 4.68. The average molecular weight is 337 g/mol. The van der Waals surface area contributed by atoms with Gasteiger partial charge in [-0.25, -0.2) is 0 Å². The number of carbonyl (C=O) groups is 1.